The molecule has 96 valence electrons. The third-order valence-electron chi connectivity index (χ3n) is 2.58. The maximum absolute atomic E-state index is 11.8. The van der Waals surface area contributed by atoms with E-state index in [0.717, 1.165) is 0 Å². The van der Waals surface area contributed by atoms with E-state index in [-0.39, 0.29) is 17.7 Å². The topological polar surface area (TPSA) is 46.2 Å². The van der Waals surface area contributed by atoms with Crippen LogP contribution in [0.3, 0.4) is 0 Å². The quantitative estimate of drug-likeness (QED) is 0.640. The van der Waals surface area contributed by atoms with Crippen molar-refractivity contribution in [2.75, 3.05) is 0 Å². The average Bonchev–Trinajstić information content (AvgIpc) is 2.36. The zero-order valence-electron chi connectivity index (χ0n) is 11.1. The van der Waals surface area contributed by atoms with Crippen molar-refractivity contribution < 1.29 is 9.59 Å². The van der Waals surface area contributed by atoms with Crippen molar-refractivity contribution in [3.05, 3.63) is 47.5 Å². The standard InChI is InChI=1S/C15H19NO2/c1-5-11(4)14(17)12-6-8-13(9-7-12)15(18)16-10(2)3/h6-10H,4-5H2,1-3H3,(H,16,18). The van der Waals surface area contributed by atoms with Gasteiger partial charge in [-0.2, -0.15) is 0 Å². The van der Waals surface area contributed by atoms with Crippen LogP contribution < -0.4 is 5.32 Å². The fraction of sp³-hybridized carbons (Fsp3) is 0.333. The lowest BCUT2D eigenvalue weighted by molar-refractivity contribution is 0.0941. The second kappa shape index (κ2) is 6.15. The number of amides is 1. The Hall–Kier alpha value is -1.90. The second-order valence-corrected chi connectivity index (χ2v) is 4.49. The molecule has 0 aliphatic rings. The van der Waals surface area contributed by atoms with Gasteiger partial charge in [-0.1, -0.05) is 25.6 Å². The van der Waals surface area contributed by atoms with Gasteiger partial charge in [0.05, 0.1) is 0 Å². The van der Waals surface area contributed by atoms with Crippen molar-refractivity contribution in [1.82, 2.24) is 5.32 Å². The Bertz CT molecular complexity index is 458. The summed E-state index contributed by atoms with van der Waals surface area (Å²) < 4.78 is 0. The fourth-order valence-corrected chi connectivity index (χ4v) is 1.48. The minimum absolute atomic E-state index is 0.0617. The van der Waals surface area contributed by atoms with Crippen molar-refractivity contribution in [3.63, 3.8) is 0 Å². The molecule has 1 aromatic carbocycles. The van der Waals surface area contributed by atoms with Crippen LogP contribution in [0, 0.1) is 0 Å². The smallest absolute Gasteiger partial charge is 0.251 e. The second-order valence-electron chi connectivity index (χ2n) is 4.49. The molecular formula is C15H19NO2. The predicted octanol–water partition coefficient (Wildman–Crippen LogP) is 2.97. The van der Waals surface area contributed by atoms with Gasteiger partial charge in [0, 0.05) is 17.2 Å². The molecule has 0 spiro atoms. The van der Waals surface area contributed by atoms with Crippen LogP contribution in [0.5, 0.6) is 0 Å². The molecule has 3 nitrogen and oxygen atoms in total. The molecule has 1 aromatic rings. The van der Waals surface area contributed by atoms with E-state index in [0.29, 0.717) is 23.1 Å². The molecule has 0 aliphatic heterocycles. The molecule has 0 aliphatic carbocycles. The van der Waals surface area contributed by atoms with Gasteiger partial charge in [0.2, 0.25) is 0 Å². The monoisotopic (exact) mass is 245 g/mol. The van der Waals surface area contributed by atoms with Gasteiger partial charge in [0.15, 0.2) is 5.78 Å². The molecule has 0 bridgehead atoms. The van der Waals surface area contributed by atoms with Crippen LogP contribution >= 0.6 is 0 Å². The molecule has 0 saturated heterocycles. The van der Waals surface area contributed by atoms with Crippen molar-refractivity contribution in [2.24, 2.45) is 0 Å². The number of nitrogens with one attached hydrogen (secondary N) is 1. The lowest BCUT2D eigenvalue weighted by atomic mass is 10.0. The Morgan fingerprint density at radius 2 is 1.67 bits per heavy atom. The maximum Gasteiger partial charge on any atom is 0.251 e. The molecule has 0 fully saturated rings. The molecule has 1 amide bonds. The van der Waals surface area contributed by atoms with Crippen molar-refractivity contribution in [3.8, 4) is 0 Å². The Morgan fingerprint density at radius 1 is 1.17 bits per heavy atom. The molecule has 0 aromatic heterocycles. The molecule has 1 N–H and O–H groups in total. The van der Waals surface area contributed by atoms with Crippen LogP contribution in [0.25, 0.3) is 0 Å². The van der Waals surface area contributed by atoms with E-state index in [1.165, 1.54) is 0 Å². The Kier molecular flexibility index (Phi) is 4.84. The van der Waals surface area contributed by atoms with Crippen LogP contribution in [-0.4, -0.2) is 17.7 Å². The number of carbonyl (C=O) groups is 2. The predicted molar refractivity (Wildman–Crippen MR) is 72.8 cm³/mol. The first kappa shape index (κ1) is 14.2. The Balaban J connectivity index is 2.83. The number of rotatable bonds is 5. The first-order valence-electron chi connectivity index (χ1n) is 6.09. The summed E-state index contributed by atoms with van der Waals surface area (Å²) in [6, 6.07) is 6.75. The maximum atomic E-state index is 11.8. The van der Waals surface area contributed by atoms with E-state index in [4.69, 9.17) is 0 Å². The van der Waals surface area contributed by atoms with Crippen LogP contribution in [0.15, 0.2) is 36.4 Å². The first-order valence-corrected chi connectivity index (χ1v) is 6.09. The van der Waals surface area contributed by atoms with E-state index in [1.54, 1.807) is 24.3 Å². The highest BCUT2D eigenvalue weighted by atomic mass is 16.1. The minimum Gasteiger partial charge on any atom is -0.350 e. The van der Waals surface area contributed by atoms with Gasteiger partial charge in [-0.15, -0.1) is 0 Å². The highest BCUT2D eigenvalue weighted by Crippen LogP contribution is 2.11. The summed E-state index contributed by atoms with van der Waals surface area (Å²) in [6.07, 6.45) is 0.633. The number of allylic oxidation sites excluding steroid dienone is 1. The average molecular weight is 245 g/mol. The summed E-state index contributed by atoms with van der Waals surface area (Å²) in [6.45, 7) is 9.42. The van der Waals surface area contributed by atoms with Crippen LogP contribution in [0.4, 0.5) is 0 Å². The van der Waals surface area contributed by atoms with Crippen molar-refractivity contribution >= 4 is 11.7 Å². The molecule has 1 rings (SSSR count). The normalized spacial score (nSPS) is 10.2. The molecule has 0 radical (unpaired) electrons. The SMILES string of the molecule is C=C(CC)C(=O)c1ccc(C(=O)NC(C)C)cc1. The van der Waals surface area contributed by atoms with E-state index in [9.17, 15) is 9.59 Å². The van der Waals surface area contributed by atoms with Crippen molar-refractivity contribution in [1.29, 1.82) is 0 Å². The highest BCUT2D eigenvalue weighted by molar-refractivity contribution is 6.08. The minimum atomic E-state index is -0.127. The summed E-state index contributed by atoms with van der Waals surface area (Å²) in [5, 5.41) is 2.80. The molecule has 0 saturated carbocycles. The number of Topliss-reactive ketones (excluding diaryl/α,β-unsaturated/α-hetero) is 1. The van der Waals surface area contributed by atoms with Crippen LogP contribution in [0.2, 0.25) is 0 Å². The highest BCUT2D eigenvalue weighted by Gasteiger charge is 2.11. The van der Waals surface area contributed by atoms with Crippen molar-refractivity contribution in [2.45, 2.75) is 33.2 Å². The molecular weight excluding hydrogens is 226 g/mol. The van der Waals surface area contributed by atoms with Crippen LogP contribution in [-0.2, 0) is 0 Å². The first-order chi connectivity index (χ1) is 8.45. The number of hydrogen-bond acceptors (Lipinski definition) is 2. The van der Waals surface area contributed by atoms with Gasteiger partial charge < -0.3 is 5.32 Å². The number of benzene rings is 1. The number of ketones is 1. The van der Waals surface area contributed by atoms with Gasteiger partial charge in [0.25, 0.3) is 5.91 Å². The van der Waals surface area contributed by atoms with E-state index >= 15 is 0 Å². The lowest BCUT2D eigenvalue weighted by Crippen LogP contribution is -2.30. The molecule has 3 heteroatoms. The van der Waals surface area contributed by atoms with Gasteiger partial charge in [-0.25, -0.2) is 0 Å². The zero-order valence-corrected chi connectivity index (χ0v) is 11.1. The van der Waals surface area contributed by atoms with Gasteiger partial charge >= 0.3 is 0 Å². The Labute approximate surface area is 108 Å². The van der Waals surface area contributed by atoms with Gasteiger partial charge in [0.1, 0.15) is 0 Å². The summed E-state index contributed by atoms with van der Waals surface area (Å²) in [4.78, 5) is 23.5. The summed E-state index contributed by atoms with van der Waals surface area (Å²) >= 11 is 0. The molecule has 0 heterocycles. The molecule has 0 unspecified atom stereocenters. The summed E-state index contributed by atoms with van der Waals surface area (Å²) in [5.74, 6) is -0.188. The van der Waals surface area contributed by atoms with Gasteiger partial charge in [-0.05, 0) is 38.0 Å². The summed E-state index contributed by atoms with van der Waals surface area (Å²) in [7, 11) is 0. The molecule has 18 heavy (non-hydrogen) atoms. The number of carbonyl (C=O) groups excluding carboxylic acids is 2. The van der Waals surface area contributed by atoms with E-state index < -0.39 is 0 Å². The summed E-state index contributed by atoms with van der Waals surface area (Å²) in [5.41, 5.74) is 1.71. The fourth-order valence-electron chi connectivity index (χ4n) is 1.48. The van der Waals surface area contributed by atoms with Crippen LogP contribution in [0.1, 0.15) is 47.9 Å². The Morgan fingerprint density at radius 3 is 2.11 bits per heavy atom. The van der Waals surface area contributed by atoms with E-state index in [1.807, 2.05) is 20.8 Å². The van der Waals surface area contributed by atoms with Gasteiger partial charge in [-0.3, -0.25) is 9.59 Å². The number of hydrogen-bond donors (Lipinski definition) is 1. The third kappa shape index (κ3) is 3.55. The third-order valence-corrected chi connectivity index (χ3v) is 2.58. The molecule has 0 atom stereocenters. The largest absolute Gasteiger partial charge is 0.350 e. The zero-order chi connectivity index (χ0) is 13.7. The lowest BCUT2D eigenvalue weighted by Gasteiger charge is -2.08. The van der Waals surface area contributed by atoms with E-state index in [2.05, 4.69) is 11.9 Å².